The molecular weight excluding hydrogens is 226 g/mol. The van der Waals surface area contributed by atoms with Crippen molar-refractivity contribution in [1.29, 1.82) is 0 Å². The van der Waals surface area contributed by atoms with Crippen LogP contribution in [0.1, 0.15) is 17.3 Å². The third-order valence-corrected chi connectivity index (χ3v) is 2.02. The normalized spacial score (nSPS) is 11.9. The van der Waals surface area contributed by atoms with Crippen LogP contribution in [0.3, 0.4) is 0 Å². The van der Waals surface area contributed by atoms with Crippen molar-refractivity contribution in [3.05, 3.63) is 39.9 Å². The summed E-state index contributed by atoms with van der Waals surface area (Å²) in [4.78, 5) is 21.5. The van der Waals surface area contributed by atoms with Gasteiger partial charge in [0.05, 0.1) is 17.1 Å². The Bertz CT molecular complexity index is 401. The van der Waals surface area contributed by atoms with Gasteiger partial charge in [0.1, 0.15) is 6.10 Å². The zero-order valence-corrected chi connectivity index (χ0v) is 9.58. The van der Waals surface area contributed by atoms with Crippen molar-refractivity contribution in [2.75, 3.05) is 13.7 Å². The topological polar surface area (TPSA) is 78.7 Å². The molecule has 1 aromatic carbocycles. The van der Waals surface area contributed by atoms with E-state index < -0.39 is 10.9 Å². The molecule has 0 bridgehead atoms. The van der Waals surface area contributed by atoms with Crippen LogP contribution in [-0.2, 0) is 9.47 Å². The molecule has 0 aliphatic carbocycles. The third-order valence-electron chi connectivity index (χ3n) is 2.02. The molecule has 0 radical (unpaired) electrons. The predicted octanol–water partition coefficient (Wildman–Crippen LogP) is 1.79. The largest absolute Gasteiger partial charge is 0.457 e. The molecule has 0 amide bonds. The van der Waals surface area contributed by atoms with Gasteiger partial charge in [0.15, 0.2) is 0 Å². The Balaban J connectivity index is 2.66. The average molecular weight is 239 g/mol. The summed E-state index contributed by atoms with van der Waals surface area (Å²) in [7, 11) is 1.51. The maximum atomic E-state index is 11.6. The minimum Gasteiger partial charge on any atom is -0.457 e. The highest BCUT2D eigenvalue weighted by atomic mass is 16.6. The SMILES string of the molecule is COC[C@@H](C)OC(=O)c1ccc([N+](=O)[O-])cc1. The van der Waals surface area contributed by atoms with Crippen molar-refractivity contribution < 1.29 is 19.2 Å². The van der Waals surface area contributed by atoms with Gasteiger partial charge in [-0.05, 0) is 19.1 Å². The first kappa shape index (κ1) is 13.1. The van der Waals surface area contributed by atoms with E-state index in [1.54, 1.807) is 6.92 Å². The number of hydrogen-bond donors (Lipinski definition) is 0. The van der Waals surface area contributed by atoms with Gasteiger partial charge in [0.25, 0.3) is 5.69 Å². The predicted molar refractivity (Wildman–Crippen MR) is 59.8 cm³/mol. The standard InChI is InChI=1S/C11H13NO5/c1-8(7-16-2)17-11(13)9-3-5-10(6-4-9)12(14)15/h3-6,8H,7H2,1-2H3/t8-/m1/s1. The van der Waals surface area contributed by atoms with Crippen molar-refractivity contribution in [3.8, 4) is 0 Å². The van der Waals surface area contributed by atoms with Gasteiger partial charge in [-0.15, -0.1) is 0 Å². The molecule has 0 aromatic heterocycles. The van der Waals surface area contributed by atoms with E-state index in [1.165, 1.54) is 31.4 Å². The quantitative estimate of drug-likeness (QED) is 0.444. The van der Waals surface area contributed by atoms with Crippen molar-refractivity contribution in [2.24, 2.45) is 0 Å². The number of nitro groups is 1. The summed E-state index contributed by atoms with van der Waals surface area (Å²) in [6.07, 6.45) is -0.359. The lowest BCUT2D eigenvalue weighted by Crippen LogP contribution is -2.19. The Morgan fingerprint density at radius 1 is 1.41 bits per heavy atom. The Hall–Kier alpha value is -1.95. The average Bonchev–Trinajstić information content (AvgIpc) is 2.29. The Morgan fingerprint density at radius 2 is 2.00 bits per heavy atom. The fourth-order valence-corrected chi connectivity index (χ4v) is 1.24. The van der Waals surface area contributed by atoms with Gasteiger partial charge in [0.2, 0.25) is 0 Å². The molecule has 0 saturated carbocycles. The summed E-state index contributed by atoms with van der Waals surface area (Å²) in [5.74, 6) is -0.524. The van der Waals surface area contributed by atoms with Crippen molar-refractivity contribution in [3.63, 3.8) is 0 Å². The van der Waals surface area contributed by atoms with Gasteiger partial charge in [-0.25, -0.2) is 4.79 Å². The molecule has 1 atom stereocenters. The van der Waals surface area contributed by atoms with E-state index in [0.29, 0.717) is 6.61 Å². The minimum absolute atomic E-state index is 0.0634. The monoisotopic (exact) mass is 239 g/mol. The van der Waals surface area contributed by atoms with Crippen molar-refractivity contribution in [2.45, 2.75) is 13.0 Å². The lowest BCUT2D eigenvalue weighted by Gasteiger charge is -2.11. The summed E-state index contributed by atoms with van der Waals surface area (Å²) < 4.78 is 9.87. The highest BCUT2D eigenvalue weighted by Crippen LogP contribution is 2.13. The van der Waals surface area contributed by atoms with Crippen LogP contribution in [0, 0.1) is 10.1 Å². The number of nitrogens with zero attached hydrogens (tertiary/aromatic N) is 1. The Kier molecular flexibility index (Phi) is 4.59. The molecule has 0 fully saturated rings. The molecule has 92 valence electrons. The molecule has 1 rings (SSSR count). The van der Waals surface area contributed by atoms with Crippen molar-refractivity contribution in [1.82, 2.24) is 0 Å². The molecule has 0 N–H and O–H groups in total. The molecule has 0 aliphatic rings. The molecule has 0 saturated heterocycles. The number of esters is 1. The zero-order chi connectivity index (χ0) is 12.8. The number of nitro benzene ring substituents is 1. The Labute approximate surface area is 98.3 Å². The first-order valence-corrected chi connectivity index (χ1v) is 4.99. The van der Waals surface area contributed by atoms with E-state index in [0.717, 1.165) is 0 Å². The van der Waals surface area contributed by atoms with E-state index in [4.69, 9.17) is 9.47 Å². The van der Waals surface area contributed by atoms with Gasteiger partial charge in [0, 0.05) is 19.2 Å². The summed E-state index contributed by atoms with van der Waals surface area (Å²) in [5.41, 5.74) is 0.213. The lowest BCUT2D eigenvalue weighted by molar-refractivity contribution is -0.384. The second-order valence-electron chi connectivity index (χ2n) is 3.48. The minimum atomic E-state index is -0.525. The van der Waals surface area contributed by atoms with Crippen LogP contribution in [0.4, 0.5) is 5.69 Å². The number of methoxy groups -OCH3 is 1. The van der Waals surface area contributed by atoms with Gasteiger partial charge in [-0.2, -0.15) is 0 Å². The summed E-state index contributed by atoms with van der Waals surface area (Å²) in [6, 6.07) is 5.25. The number of rotatable bonds is 5. The molecular formula is C11H13NO5. The fraction of sp³-hybridized carbons (Fsp3) is 0.364. The number of non-ortho nitro benzene ring substituents is 1. The molecule has 0 heterocycles. The fourth-order valence-electron chi connectivity index (χ4n) is 1.24. The van der Waals surface area contributed by atoms with Crippen LogP contribution < -0.4 is 0 Å². The van der Waals surface area contributed by atoms with Gasteiger partial charge in [-0.1, -0.05) is 0 Å². The van der Waals surface area contributed by atoms with E-state index in [1.807, 2.05) is 0 Å². The second-order valence-corrected chi connectivity index (χ2v) is 3.48. The van der Waals surface area contributed by atoms with E-state index in [-0.39, 0.29) is 17.4 Å². The van der Waals surface area contributed by atoms with E-state index in [2.05, 4.69) is 0 Å². The maximum absolute atomic E-state index is 11.6. The molecule has 1 aromatic rings. The van der Waals surface area contributed by atoms with Crippen molar-refractivity contribution >= 4 is 11.7 Å². The number of ether oxygens (including phenoxy) is 2. The smallest absolute Gasteiger partial charge is 0.338 e. The van der Waals surface area contributed by atoms with Gasteiger partial charge < -0.3 is 9.47 Å². The summed E-state index contributed by atoms with van der Waals surface area (Å²) >= 11 is 0. The molecule has 6 heteroatoms. The first-order valence-electron chi connectivity index (χ1n) is 4.99. The van der Waals surface area contributed by atoms with Crippen LogP contribution in [0.2, 0.25) is 0 Å². The van der Waals surface area contributed by atoms with E-state index in [9.17, 15) is 14.9 Å². The molecule has 6 nitrogen and oxygen atoms in total. The second kappa shape index (κ2) is 5.95. The number of benzene rings is 1. The van der Waals surface area contributed by atoms with E-state index >= 15 is 0 Å². The Morgan fingerprint density at radius 3 is 2.47 bits per heavy atom. The first-order chi connectivity index (χ1) is 8.04. The van der Waals surface area contributed by atoms with Gasteiger partial charge in [-0.3, -0.25) is 10.1 Å². The lowest BCUT2D eigenvalue weighted by atomic mass is 10.2. The number of hydrogen-bond acceptors (Lipinski definition) is 5. The maximum Gasteiger partial charge on any atom is 0.338 e. The van der Waals surface area contributed by atoms with Crippen LogP contribution in [-0.4, -0.2) is 30.7 Å². The molecule has 0 spiro atoms. The highest BCUT2D eigenvalue weighted by molar-refractivity contribution is 5.89. The zero-order valence-electron chi connectivity index (χ0n) is 9.58. The van der Waals surface area contributed by atoms with Crippen LogP contribution in [0.15, 0.2) is 24.3 Å². The van der Waals surface area contributed by atoms with Gasteiger partial charge >= 0.3 is 5.97 Å². The number of carbonyl (C=O) groups excluding carboxylic acids is 1. The highest BCUT2D eigenvalue weighted by Gasteiger charge is 2.13. The number of carbonyl (C=O) groups is 1. The molecule has 0 unspecified atom stereocenters. The molecule has 17 heavy (non-hydrogen) atoms. The summed E-state index contributed by atoms with van der Waals surface area (Å²) in [5, 5.41) is 10.4. The third kappa shape index (κ3) is 3.84. The summed E-state index contributed by atoms with van der Waals surface area (Å²) in [6.45, 7) is 2.01. The van der Waals surface area contributed by atoms with Crippen LogP contribution in [0.5, 0.6) is 0 Å². The molecule has 0 aliphatic heterocycles. The van der Waals surface area contributed by atoms with Crippen LogP contribution in [0.25, 0.3) is 0 Å². The van der Waals surface area contributed by atoms with Crippen LogP contribution >= 0.6 is 0 Å².